The van der Waals surface area contributed by atoms with E-state index in [1.165, 1.54) is 6.07 Å². The summed E-state index contributed by atoms with van der Waals surface area (Å²) in [6.07, 6.45) is -0.278. The van der Waals surface area contributed by atoms with Gasteiger partial charge in [0.2, 0.25) is 0 Å². The fourth-order valence-electron chi connectivity index (χ4n) is 2.32. The van der Waals surface area contributed by atoms with E-state index in [-0.39, 0.29) is 11.9 Å². The fraction of sp³-hybridized carbons (Fsp3) is 0.562. The monoisotopic (exact) mass is 372 g/mol. The van der Waals surface area contributed by atoms with Gasteiger partial charge in [-0.3, -0.25) is 4.90 Å². The van der Waals surface area contributed by atoms with Crippen LogP contribution in [0.5, 0.6) is 0 Å². The number of halogens is 2. The first kappa shape index (κ1) is 17.2. The van der Waals surface area contributed by atoms with Crippen LogP contribution < -0.4 is 0 Å². The number of carbonyl (C=O) groups excluding carboxylic acids is 1. The summed E-state index contributed by atoms with van der Waals surface area (Å²) in [4.78, 5) is 15.9. The third-order valence-electron chi connectivity index (χ3n) is 3.47. The Morgan fingerprint density at radius 1 is 1.27 bits per heavy atom. The van der Waals surface area contributed by atoms with E-state index in [0.29, 0.717) is 38.3 Å². The van der Waals surface area contributed by atoms with E-state index >= 15 is 0 Å². The van der Waals surface area contributed by atoms with Crippen molar-refractivity contribution in [3.8, 4) is 0 Å². The van der Waals surface area contributed by atoms with Crippen molar-refractivity contribution in [2.45, 2.75) is 32.9 Å². The van der Waals surface area contributed by atoms with Gasteiger partial charge in [-0.15, -0.1) is 0 Å². The summed E-state index contributed by atoms with van der Waals surface area (Å²) in [5, 5.41) is 0. The molecule has 1 saturated heterocycles. The van der Waals surface area contributed by atoms with Crippen molar-refractivity contribution in [1.29, 1.82) is 0 Å². The minimum absolute atomic E-state index is 0.205. The van der Waals surface area contributed by atoms with Gasteiger partial charge < -0.3 is 9.64 Å². The maximum absolute atomic E-state index is 13.9. The summed E-state index contributed by atoms with van der Waals surface area (Å²) in [5.41, 5.74) is 0.180. The molecule has 0 radical (unpaired) electrons. The van der Waals surface area contributed by atoms with Gasteiger partial charge in [0.15, 0.2) is 0 Å². The lowest BCUT2D eigenvalue weighted by Crippen LogP contribution is -2.49. The molecule has 0 aliphatic carbocycles. The zero-order valence-corrected chi connectivity index (χ0v) is 14.8. The van der Waals surface area contributed by atoms with Crippen LogP contribution in [0.25, 0.3) is 0 Å². The van der Waals surface area contributed by atoms with Crippen molar-refractivity contribution >= 4 is 22.0 Å². The van der Waals surface area contributed by atoms with E-state index < -0.39 is 5.60 Å². The highest BCUT2D eigenvalue weighted by Crippen LogP contribution is 2.22. The molecular formula is C16H22BrFN2O2. The average Bonchev–Trinajstić information content (AvgIpc) is 2.42. The summed E-state index contributed by atoms with van der Waals surface area (Å²) in [6, 6.07) is 5.00. The van der Waals surface area contributed by atoms with E-state index in [1.54, 1.807) is 11.0 Å². The molecule has 1 amide bonds. The average molecular weight is 373 g/mol. The van der Waals surface area contributed by atoms with Gasteiger partial charge in [0.25, 0.3) is 0 Å². The van der Waals surface area contributed by atoms with Crippen molar-refractivity contribution in [2.75, 3.05) is 26.2 Å². The Hall–Kier alpha value is -1.14. The van der Waals surface area contributed by atoms with E-state index in [0.717, 1.165) is 4.47 Å². The molecule has 1 aromatic rings. The number of piperazine rings is 1. The largest absolute Gasteiger partial charge is 0.444 e. The van der Waals surface area contributed by atoms with E-state index in [4.69, 9.17) is 4.74 Å². The van der Waals surface area contributed by atoms with Gasteiger partial charge in [0.05, 0.1) is 0 Å². The summed E-state index contributed by atoms with van der Waals surface area (Å²) >= 11 is 3.39. The molecule has 1 aliphatic heterocycles. The van der Waals surface area contributed by atoms with Gasteiger partial charge in [-0.2, -0.15) is 0 Å². The van der Waals surface area contributed by atoms with Crippen LogP contribution in [0.3, 0.4) is 0 Å². The Bertz CT molecular complexity index is 517. The van der Waals surface area contributed by atoms with Crippen LogP contribution in [0.15, 0.2) is 22.7 Å². The topological polar surface area (TPSA) is 32.8 Å². The molecule has 6 heteroatoms. The molecular weight excluding hydrogens is 351 g/mol. The second kappa shape index (κ2) is 6.96. The van der Waals surface area contributed by atoms with Crippen molar-refractivity contribution < 1.29 is 13.9 Å². The van der Waals surface area contributed by atoms with Crippen LogP contribution in [0.2, 0.25) is 0 Å². The van der Waals surface area contributed by atoms with Crippen LogP contribution in [0.1, 0.15) is 26.3 Å². The number of ether oxygens (including phenoxy) is 1. The Kier molecular flexibility index (Phi) is 5.45. The molecule has 0 bridgehead atoms. The summed E-state index contributed by atoms with van der Waals surface area (Å²) in [7, 11) is 0. The third-order valence-corrected chi connectivity index (χ3v) is 4.21. The first-order chi connectivity index (χ1) is 10.3. The van der Waals surface area contributed by atoms with Crippen LogP contribution >= 0.6 is 15.9 Å². The molecule has 22 heavy (non-hydrogen) atoms. The highest BCUT2D eigenvalue weighted by atomic mass is 79.9. The van der Waals surface area contributed by atoms with Crippen molar-refractivity contribution in [2.24, 2.45) is 0 Å². The van der Waals surface area contributed by atoms with Gasteiger partial charge >= 0.3 is 6.09 Å². The molecule has 4 nitrogen and oxygen atoms in total. The first-order valence-electron chi connectivity index (χ1n) is 7.39. The maximum atomic E-state index is 13.9. The zero-order chi connectivity index (χ0) is 16.3. The fourth-order valence-corrected chi connectivity index (χ4v) is 2.79. The Morgan fingerprint density at radius 3 is 2.45 bits per heavy atom. The van der Waals surface area contributed by atoms with Gasteiger partial charge in [-0.1, -0.05) is 22.0 Å². The van der Waals surface area contributed by atoms with Crippen LogP contribution in [-0.2, 0) is 11.3 Å². The molecule has 2 rings (SSSR count). The standard InChI is InChI=1S/C16H22BrFN2O2/c1-16(2,3)22-15(21)20-9-7-19(8-10-20)11-12-13(17)5-4-6-14(12)18/h4-6H,7-11H2,1-3H3. The highest BCUT2D eigenvalue weighted by molar-refractivity contribution is 9.10. The lowest BCUT2D eigenvalue weighted by molar-refractivity contribution is 0.0138. The van der Waals surface area contributed by atoms with Crippen LogP contribution in [0, 0.1) is 5.82 Å². The number of hydrogen-bond acceptors (Lipinski definition) is 3. The molecule has 0 atom stereocenters. The molecule has 1 aliphatic rings. The lowest BCUT2D eigenvalue weighted by atomic mass is 10.2. The first-order valence-corrected chi connectivity index (χ1v) is 8.19. The van der Waals surface area contributed by atoms with Crippen LogP contribution in [0.4, 0.5) is 9.18 Å². The summed E-state index contributed by atoms with van der Waals surface area (Å²) in [5.74, 6) is -0.205. The van der Waals surface area contributed by atoms with E-state index in [2.05, 4.69) is 20.8 Å². The SMILES string of the molecule is CC(C)(C)OC(=O)N1CCN(Cc2c(F)cccc2Br)CC1. The number of hydrogen-bond donors (Lipinski definition) is 0. The van der Waals surface area contributed by atoms with Crippen molar-refractivity contribution in [3.63, 3.8) is 0 Å². The lowest BCUT2D eigenvalue weighted by Gasteiger charge is -2.35. The second-order valence-corrected chi connectivity index (χ2v) is 7.30. The van der Waals surface area contributed by atoms with Gasteiger partial charge in [0.1, 0.15) is 11.4 Å². The van der Waals surface area contributed by atoms with E-state index in [1.807, 2.05) is 26.8 Å². The molecule has 0 aromatic heterocycles. The normalized spacial score (nSPS) is 16.7. The Labute approximate surface area is 139 Å². The second-order valence-electron chi connectivity index (χ2n) is 6.44. The minimum Gasteiger partial charge on any atom is -0.444 e. The summed E-state index contributed by atoms with van der Waals surface area (Å²) < 4.78 is 20.0. The van der Waals surface area contributed by atoms with Gasteiger partial charge in [-0.25, -0.2) is 9.18 Å². The van der Waals surface area contributed by atoms with Crippen molar-refractivity contribution in [1.82, 2.24) is 9.80 Å². The third kappa shape index (κ3) is 4.68. The predicted molar refractivity (Wildman–Crippen MR) is 87.2 cm³/mol. The Balaban J connectivity index is 1.89. The molecule has 1 fully saturated rings. The number of rotatable bonds is 2. The molecule has 0 spiro atoms. The van der Waals surface area contributed by atoms with Gasteiger partial charge in [0, 0.05) is 42.8 Å². The number of amides is 1. The molecule has 0 saturated carbocycles. The van der Waals surface area contributed by atoms with Crippen molar-refractivity contribution in [3.05, 3.63) is 34.1 Å². The van der Waals surface area contributed by atoms with Gasteiger partial charge in [-0.05, 0) is 32.9 Å². The smallest absolute Gasteiger partial charge is 0.410 e. The van der Waals surface area contributed by atoms with E-state index in [9.17, 15) is 9.18 Å². The Morgan fingerprint density at radius 2 is 1.91 bits per heavy atom. The zero-order valence-electron chi connectivity index (χ0n) is 13.2. The maximum Gasteiger partial charge on any atom is 0.410 e. The summed E-state index contributed by atoms with van der Waals surface area (Å²) in [6.45, 7) is 8.72. The highest BCUT2D eigenvalue weighted by Gasteiger charge is 2.26. The molecule has 1 aromatic carbocycles. The molecule has 0 unspecified atom stereocenters. The predicted octanol–water partition coefficient (Wildman–Crippen LogP) is 3.64. The minimum atomic E-state index is -0.480. The molecule has 0 N–H and O–H groups in total. The number of nitrogens with zero attached hydrogens (tertiary/aromatic N) is 2. The molecule has 122 valence electrons. The quantitative estimate of drug-likeness (QED) is 0.794. The number of carbonyl (C=O) groups is 1. The number of benzene rings is 1. The molecule has 1 heterocycles. The van der Waals surface area contributed by atoms with Crippen LogP contribution in [-0.4, -0.2) is 47.7 Å².